The molecule has 2 aliphatic heterocycles. The Hall–Kier alpha value is -2.31. The van der Waals surface area contributed by atoms with Crippen LogP contribution in [0.2, 0.25) is 0 Å². The predicted octanol–water partition coefficient (Wildman–Crippen LogP) is 3.06. The van der Waals surface area contributed by atoms with E-state index in [9.17, 15) is 4.79 Å². The minimum absolute atomic E-state index is 0.124. The van der Waals surface area contributed by atoms with Crippen LogP contribution < -0.4 is 5.48 Å². The highest BCUT2D eigenvalue weighted by Crippen LogP contribution is 2.32. The SMILES string of the molecule is O=C(NOC1CCCCO1)N1CCn2cccc2C1c1ccccc1. The Balaban J connectivity index is 1.52. The molecule has 2 unspecified atom stereocenters. The fourth-order valence-electron chi connectivity index (χ4n) is 3.57. The molecular formula is C19H23N3O3. The van der Waals surface area contributed by atoms with E-state index in [0.717, 1.165) is 37.1 Å². The molecule has 6 heteroatoms. The molecule has 0 radical (unpaired) electrons. The van der Waals surface area contributed by atoms with Gasteiger partial charge in [0.15, 0.2) is 6.29 Å². The lowest BCUT2D eigenvalue weighted by atomic mass is 10.0. The summed E-state index contributed by atoms with van der Waals surface area (Å²) in [5.41, 5.74) is 4.80. The van der Waals surface area contributed by atoms with Gasteiger partial charge in [-0.2, -0.15) is 0 Å². The number of aromatic nitrogens is 1. The van der Waals surface area contributed by atoms with Crippen LogP contribution in [0.4, 0.5) is 4.79 Å². The van der Waals surface area contributed by atoms with E-state index < -0.39 is 0 Å². The number of amides is 2. The van der Waals surface area contributed by atoms with E-state index in [0.29, 0.717) is 13.2 Å². The minimum Gasteiger partial charge on any atom is -0.350 e. The van der Waals surface area contributed by atoms with Crippen molar-refractivity contribution >= 4 is 6.03 Å². The summed E-state index contributed by atoms with van der Waals surface area (Å²) in [6, 6.07) is 13.8. The zero-order valence-electron chi connectivity index (χ0n) is 14.1. The molecule has 1 aromatic heterocycles. The molecule has 1 aromatic carbocycles. The quantitative estimate of drug-likeness (QED) is 0.873. The Labute approximate surface area is 147 Å². The molecule has 0 aliphatic carbocycles. The van der Waals surface area contributed by atoms with Crippen molar-refractivity contribution in [1.82, 2.24) is 14.9 Å². The number of urea groups is 1. The molecule has 132 valence electrons. The second kappa shape index (κ2) is 7.29. The van der Waals surface area contributed by atoms with Crippen LogP contribution in [-0.4, -0.2) is 34.9 Å². The van der Waals surface area contributed by atoms with Crippen molar-refractivity contribution in [2.24, 2.45) is 0 Å². The Morgan fingerprint density at radius 3 is 2.80 bits per heavy atom. The molecular weight excluding hydrogens is 318 g/mol. The number of rotatable bonds is 3. The molecule has 0 spiro atoms. The lowest BCUT2D eigenvalue weighted by molar-refractivity contribution is -0.188. The van der Waals surface area contributed by atoms with E-state index in [2.05, 4.69) is 34.4 Å². The highest BCUT2D eigenvalue weighted by molar-refractivity contribution is 5.74. The number of benzene rings is 1. The van der Waals surface area contributed by atoms with Crippen molar-refractivity contribution in [2.45, 2.75) is 38.1 Å². The standard InChI is InChI=1S/C19H23N3O3/c23-19(20-25-17-10-4-5-14-24-17)22-13-12-21-11-6-9-16(21)18(22)15-7-2-1-3-8-15/h1-3,6-9,11,17-18H,4-5,10,12-14H2,(H,20,23). The van der Waals surface area contributed by atoms with Gasteiger partial charge in [0.1, 0.15) is 0 Å². The second-order valence-corrected chi connectivity index (χ2v) is 6.45. The van der Waals surface area contributed by atoms with E-state index in [4.69, 9.17) is 9.57 Å². The first-order valence-electron chi connectivity index (χ1n) is 8.87. The molecule has 2 amide bonds. The first kappa shape index (κ1) is 16.2. The van der Waals surface area contributed by atoms with E-state index in [1.165, 1.54) is 0 Å². The average Bonchev–Trinajstić information content (AvgIpc) is 3.15. The zero-order chi connectivity index (χ0) is 17.1. The monoisotopic (exact) mass is 341 g/mol. The highest BCUT2D eigenvalue weighted by atomic mass is 16.8. The van der Waals surface area contributed by atoms with Crippen molar-refractivity contribution in [3.8, 4) is 0 Å². The van der Waals surface area contributed by atoms with Gasteiger partial charge in [0.25, 0.3) is 0 Å². The van der Waals surface area contributed by atoms with Crippen LogP contribution in [-0.2, 0) is 16.1 Å². The maximum Gasteiger partial charge on any atom is 0.342 e. The summed E-state index contributed by atoms with van der Waals surface area (Å²) >= 11 is 0. The number of hydrogen-bond acceptors (Lipinski definition) is 3. The maximum absolute atomic E-state index is 12.8. The Morgan fingerprint density at radius 1 is 1.12 bits per heavy atom. The van der Waals surface area contributed by atoms with Gasteiger partial charge in [0.2, 0.25) is 0 Å². The molecule has 1 saturated heterocycles. The van der Waals surface area contributed by atoms with Gasteiger partial charge in [-0.15, -0.1) is 0 Å². The number of fused-ring (bicyclic) bond motifs is 1. The first-order chi connectivity index (χ1) is 12.3. The Kier molecular flexibility index (Phi) is 4.72. The summed E-state index contributed by atoms with van der Waals surface area (Å²) < 4.78 is 7.71. The van der Waals surface area contributed by atoms with Gasteiger partial charge in [-0.05, 0) is 30.5 Å². The highest BCUT2D eigenvalue weighted by Gasteiger charge is 2.32. The predicted molar refractivity (Wildman–Crippen MR) is 92.6 cm³/mol. The molecule has 4 rings (SSSR count). The third kappa shape index (κ3) is 3.41. The Bertz CT molecular complexity index is 710. The second-order valence-electron chi connectivity index (χ2n) is 6.45. The molecule has 2 aromatic rings. The number of carbonyl (C=O) groups is 1. The van der Waals surface area contributed by atoms with E-state index in [-0.39, 0.29) is 18.4 Å². The lowest BCUT2D eigenvalue weighted by Gasteiger charge is -2.37. The first-order valence-corrected chi connectivity index (χ1v) is 8.87. The third-order valence-electron chi connectivity index (χ3n) is 4.83. The summed E-state index contributed by atoms with van der Waals surface area (Å²) in [4.78, 5) is 20.1. The molecule has 3 heterocycles. The minimum atomic E-state index is -0.346. The molecule has 2 atom stereocenters. The molecule has 1 N–H and O–H groups in total. The van der Waals surface area contributed by atoms with Crippen molar-refractivity contribution < 1.29 is 14.4 Å². The van der Waals surface area contributed by atoms with Crippen molar-refractivity contribution in [2.75, 3.05) is 13.2 Å². The van der Waals surface area contributed by atoms with Crippen LogP contribution in [0.3, 0.4) is 0 Å². The molecule has 6 nitrogen and oxygen atoms in total. The van der Waals surface area contributed by atoms with Gasteiger partial charge in [-0.1, -0.05) is 30.3 Å². The maximum atomic E-state index is 12.8. The smallest absolute Gasteiger partial charge is 0.342 e. The van der Waals surface area contributed by atoms with E-state index >= 15 is 0 Å². The molecule has 0 saturated carbocycles. The van der Waals surface area contributed by atoms with Gasteiger partial charge in [-0.25, -0.2) is 15.1 Å². The van der Waals surface area contributed by atoms with Gasteiger partial charge >= 0.3 is 6.03 Å². The van der Waals surface area contributed by atoms with Gasteiger partial charge in [-0.3, -0.25) is 0 Å². The van der Waals surface area contributed by atoms with Crippen molar-refractivity contribution in [1.29, 1.82) is 0 Å². The van der Waals surface area contributed by atoms with E-state index in [1.807, 2.05) is 29.2 Å². The summed E-state index contributed by atoms with van der Waals surface area (Å²) in [6.07, 6.45) is 4.64. The topological polar surface area (TPSA) is 55.7 Å². The van der Waals surface area contributed by atoms with Crippen molar-refractivity contribution in [3.63, 3.8) is 0 Å². The molecule has 1 fully saturated rings. The number of hydrogen-bond donors (Lipinski definition) is 1. The van der Waals surface area contributed by atoms with E-state index in [1.54, 1.807) is 0 Å². The van der Waals surface area contributed by atoms with Crippen LogP contribution in [0.1, 0.15) is 36.6 Å². The average molecular weight is 341 g/mol. The number of ether oxygens (including phenoxy) is 1. The Morgan fingerprint density at radius 2 is 2.00 bits per heavy atom. The molecule has 2 aliphatic rings. The van der Waals surface area contributed by atoms with Gasteiger partial charge in [0.05, 0.1) is 6.04 Å². The van der Waals surface area contributed by atoms with Crippen LogP contribution in [0.25, 0.3) is 0 Å². The van der Waals surface area contributed by atoms with Crippen molar-refractivity contribution in [3.05, 3.63) is 59.9 Å². The van der Waals surface area contributed by atoms with Crippen LogP contribution in [0.15, 0.2) is 48.7 Å². The summed E-state index contributed by atoms with van der Waals surface area (Å²) in [5.74, 6) is 0. The summed E-state index contributed by atoms with van der Waals surface area (Å²) in [6.45, 7) is 2.09. The number of hydroxylamine groups is 1. The fraction of sp³-hybridized carbons (Fsp3) is 0.421. The molecule has 0 bridgehead atoms. The van der Waals surface area contributed by atoms with Gasteiger partial charge in [0, 0.05) is 38.0 Å². The zero-order valence-corrected chi connectivity index (χ0v) is 14.1. The summed E-state index contributed by atoms with van der Waals surface area (Å²) in [7, 11) is 0. The number of nitrogens with zero attached hydrogens (tertiary/aromatic N) is 2. The molecule has 25 heavy (non-hydrogen) atoms. The number of nitrogens with one attached hydrogen (secondary N) is 1. The van der Waals surface area contributed by atoms with Gasteiger partial charge < -0.3 is 14.2 Å². The van der Waals surface area contributed by atoms with Crippen LogP contribution in [0, 0.1) is 0 Å². The summed E-state index contributed by atoms with van der Waals surface area (Å²) in [5, 5.41) is 0. The third-order valence-corrected chi connectivity index (χ3v) is 4.83. The fourth-order valence-corrected chi connectivity index (χ4v) is 3.57. The normalized spacial score (nSPS) is 23.1. The lowest BCUT2D eigenvalue weighted by Crippen LogP contribution is -2.48. The number of carbonyl (C=O) groups excluding carboxylic acids is 1. The largest absolute Gasteiger partial charge is 0.350 e. The van der Waals surface area contributed by atoms with Crippen LogP contribution in [0.5, 0.6) is 0 Å². The van der Waals surface area contributed by atoms with Crippen LogP contribution >= 0.6 is 0 Å².